The van der Waals surface area contributed by atoms with Gasteiger partial charge in [-0.3, -0.25) is 9.78 Å². The van der Waals surface area contributed by atoms with Gasteiger partial charge in [0.25, 0.3) is 0 Å². The maximum absolute atomic E-state index is 13.0. The Morgan fingerprint density at radius 3 is 3.00 bits per heavy atom. The second kappa shape index (κ2) is 4.81. The van der Waals surface area contributed by atoms with Gasteiger partial charge in [0.1, 0.15) is 0 Å². The number of nitrogens with zero attached hydrogens (tertiary/aromatic N) is 1. The van der Waals surface area contributed by atoms with Gasteiger partial charge in [-0.1, -0.05) is 0 Å². The zero-order valence-corrected chi connectivity index (χ0v) is 8.03. The number of rotatable bonds is 4. The van der Waals surface area contributed by atoms with E-state index in [4.69, 9.17) is 5.73 Å². The molecular weight excluding hydrogens is 183 g/mol. The second-order valence-electron chi connectivity index (χ2n) is 3.29. The van der Waals surface area contributed by atoms with Crippen molar-refractivity contribution in [3.63, 3.8) is 0 Å². The Morgan fingerprint density at radius 2 is 2.43 bits per heavy atom. The van der Waals surface area contributed by atoms with E-state index in [9.17, 15) is 9.18 Å². The number of carbonyl (C=O) groups excluding carboxylic acids is 1. The highest BCUT2D eigenvalue weighted by atomic mass is 19.1. The summed E-state index contributed by atoms with van der Waals surface area (Å²) in [6.45, 7) is 1.82. The first-order chi connectivity index (χ1) is 6.61. The lowest BCUT2D eigenvalue weighted by atomic mass is 10.1. The van der Waals surface area contributed by atoms with Crippen LogP contribution in [0.15, 0.2) is 18.5 Å². The molecule has 0 radical (unpaired) electrons. The molecule has 1 unspecified atom stereocenters. The number of hydrogen-bond acceptors (Lipinski definition) is 3. The van der Waals surface area contributed by atoms with Crippen molar-refractivity contribution in [1.29, 1.82) is 0 Å². The summed E-state index contributed by atoms with van der Waals surface area (Å²) in [7, 11) is 0. The van der Waals surface area contributed by atoms with Gasteiger partial charge in [0.15, 0.2) is 11.6 Å². The molecular formula is C10H13FN2O. The van der Waals surface area contributed by atoms with Gasteiger partial charge >= 0.3 is 0 Å². The highest BCUT2D eigenvalue weighted by Crippen LogP contribution is 2.09. The van der Waals surface area contributed by atoms with Crippen molar-refractivity contribution in [3.8, 4) is 0 Å². The third kappa shape index (κ3) is 2.88. The first kappa shape index (κ1) is 10.8. The van der Waals surface area contributed by atoms with Crippen LogP contribution in [0.2, 0.25) is 0 Å². The highest BCUT2D eigenvalue weighted by molar-refractivity contribution is 5.96. The van der Waals surface area contributed by atoms with Crippen molar-refractivity contribution in [1.82, 2.24) is 4.98 Å². The molecule has 0 fully saturated rings. The topological polar surface area (TPSA) is 56.0 Å². The van der Waals surface area contributed by atoms with Crippen molar-refractivity contribution in [2.45, 2.75) is 25.8 Å². The minimum absolute atomic E-state index is 0.0381. The fourth-order valence-corrected chi connectivity index (χ4v) is 1.09. The fourth-order valence-electron chi connectivity index (χ4n) is 1.09. The first-order valence-electron chi connectivity index (χ1n) is 4.49. The van der Waals surface area contributed by atoms with Gasteiger partial charge in [-0.25, -0.2) is 4.39 Å². The third-order valence-electron chi connectivity index (χ3n) is 1.90. The number of nitrogens with two attached hydrogens (primary N) is 1. The minimum atomic E-state index is -0.567. The molecule has 0 saturated heterocycles. The quantitative estimate of drug-likeness (QED) is 0.743. The normalized spacial score (nSPS) is 12.5. The Hall–Kier alpha value is -1.29. The summed E-state index contributed by atoms with van der Waals surface area (Å²) in [6, 6.07) is 1.35. The lowest BCUT2D eigenvalue weighted by Gasteiger charge is -2.04. The molecule has 1 rings (SSSR count). The van der Waals surface area contributed by atoms with Crippen LogP contribution in [0.5, 0.6) is 0 Å². The van der Waals surface area contributed by atoms with Gasteiger partial charge in [0.2, 0.25) is 0 Å². The van der Waals surface area contributed by atoms with Gasteiger partial charge in [0.05, 0.1) is 11.8 Å². The van der Waals surface area contributed by atoms with Crippen LogP contribution >= 0.6 is 0 Å². The zero-order chi connectivity index (χ0) is 10.6. The number of carbonyl (C=O) groups is 1. The summed E-state index contributed by atoms with van der Waals surface area (Å²) in [4.78, 5) is 15.0. The van der Waals surface area contributed by atoms with E-state index in [-0.39, 0.29) is 23.8 Å². The van der Waals surface area contributed by atoms with Crippen LogP contribution in [-0.4, -0.2) is 16.8 Å². The second-order valence-corrected chi connectivity index (χ2v) is 3.29. The average Bonchev–Trinajstić information content (AvgIpc) is 2.15. The van der Waals surface area contributed by atoms with E-state index in [1.165, 1.54) is 12.3 Å². The largest absolute Gasteiger partial charge is 0.328 e. The van der Waals surface area contributed by atoms with Crippen LogP contribution in [0, 0.1) is 5.82 Å². The number of pyridine rings is 1. The van der Waals surface area contributed by atoms with E-state index in [0.29, 0.717) is 6.42 Å². The molecule has 0 aromatic carbocycles. The summed E-state index contributed by atoms with van der Waals surface area (Å²) in [6.07, 6.45) is 3.29. The molecule has 1 heterocycles. The van der Waals surface area contributed by atoms with Crippen LogP contribution in [0.1, 0.15) is 30.1 Å². The van der Waals surface area contributed by atoms with Crippen molar-refractivity contribution < 1.29 is 9.18 Å². The molecule has 1 aromatic heterocycles. The van der Waals surface area contributed by atoms with Crippen molar-refractivity contribution >= 4 is 5.78 Å². The van der Waals surface area contributed by atoms with Crippen LogP contribution in [0.3, 0.4) is 0 Å². The summed E-state index contributed by atoms with van der Waals surface area (Å²) < 4.78 is 13.0. The minimum Gasteiger partial charge on any atom is -0.328 e. The number of halogens is 1. The predicted molar refractivity (Wildman–Crippen MR) is 51.4 cm³/mol. The Labute approximate surface area is 82.1 Å². The summed E-state index contributed by atoms with van der Waals surface area (Å²) in [5, 5.41) is 0. The maximum Gasteiger partial charge on any atom is 0.165 e. The van der Waals surface area contributed by atoms with E-state index in [2.05, 4.69) is 4.98 Å². The van der Waals surface area contributed by atoms with Crippen LogP contribution in [0.25, 0.3) is 0 Å². The van der Waals surface area contributed by atoms with Crippen LogP contribution in [0.4, 0.5) is 4.39 Å². The molecule has 0 aliphatic heterocycles. The van der Waals surface area contributed by atoms with E-state index in [1.54, 1.807) is 0 Å². The molecule has 14 heavy (non-hydrogen) atoms. The molecule has 1 atom stereocenters. The van der Waals surface area contributed by atoms with Gasteiger partial charge in [-0.15, -0.1) is 0 Å². The molecule has 0 aliphatic rings. The summed E-state index contributed by atoms with van der Waals surface area (Å²) >= 11 is 0. The van der Waals surface area contributed by atoms with Gasteiger partial charge in [-0.05, 0) is 19.4 Å². The van der Waals surface area contributed by atoms with Crippen molar-refractivity contribution in [3.05, 3.63) is 29.8 Å². The van der Waals surface area contributed by atoms with E-state index in [0.717, 1.165) is 6.20 Å². The van der Waals surface area contributed by atoms with Gasteiger partial charge in [-0.2, -0.15) is 0 Å². The Balaban J connectivity index is 2.65. The smallest absolute Gasteiger partial charge is 0.165 e. The molecule has 76 valence electrons. The zero-order valence-electron chi connectivity index (χ0n) is 8.03. The van der Waals surface area contributed by atoms with Crippen molar-refractivity contribution in [2.75, 3.05) is 0 Å². The van der Waals surface area contributed by atoms with E-state index >= 15 is 0 Å². The number of hydrogen-bond donors (Lipinski definition) is 1. The Morgan fingerprint density at radius 1 is 1.71 bits per heavy atom. The molecule has 0 saturated carbocycles. The van der Waals surface area contributed by atoms with Crippen molar-refractivity contribution in [2.24, 2.45) is 5.73 Å². The molecule has 3 nitrogen and oxygen atoms in total. The van der Waals surface area contributed by atoms with Crippen LogP contribution in [-0.2, 0) is 0 Å². The molecule has 0 bridgehead atoms. The predicted octanol–water partition coefficient (Wildman–Crippen LogP) is 1.53. The lowest BCUT2D eigenvalue weighted by molar-refractivity contribution is 0.0974. The Bertz CT molecular complexity index is 326. The Kier molecular flexibility index (Phi) is 3.71. The average molecular weight is 196 g/mol. The molecule has 0 spiro atoms. The standard InChI is InChI=1S/C10H13FN2O/c1-7(12)2-3-10(14)8-4-5-13-6-9(8)11/h4-7H,2-3,12H2,1H3. The number of ketones is 1. The van der Waals surface area contributed by atoms with Gasteiger partial charge in [0, 0.05) is 18.7 Å². The first-order valence-corrected chi connectivity index (χ1v) is 4.49. The number of aromatic nitrogens is 1. The van der Waals surface area contributed by atoms with E-state index in [1.807, 2.05) is 6.92 Å². The molecule has 1 aromatic rings. The number of Topliss-reactive ketones (excluding diaryl/α,β-unsaturated/α-hetero) is 1. The highest BCUT2D eigenvalue weighted by Gasteiger charge is 2.11. The SMILES string of the molecule is CC(N)CCC(=O)c1ccncc1F. The molecule has 0 amide bonds. The molecule has 0 aliphatic carbocycles. The lowest BCUT2D eigenvalue weighted by Crippen LogP contribution is -2.16. The summed E-state index contributed by atoms with van der Waals surface area (Å²) in [5.41, 5.74) is 5.60. The fraction of sp³-hybridized carbons (Fsp3) is 0.400. The summed E-state index contributed by atoms with van der Waals surface area (Å²) in [5.74, 6) is -0.788. The molecule has 2 N–H and O–H groups in total. The maximum atomic E-state index is 13.0. The monoisotopic (exact) mass is 196 g/mol. The van der Waals surface area contributed by atoms with Crippen LogP contribution < -0.4 is 5.73 Å². The third-order valence-corrected chi connectivity index (χ3v) is 1.90. The molecule has 4 heteroatoms. The van der Waals surface area contributed by atoms with E-state index < -0.39 is 5.82 Å². The van der Waals surface area contributed by atoms with Gasteiger partial charge < -0.3 is 5.73 Å².